The van der Waals surface area contributed by atoms with Gasteiger partial charge in [-0.2, -0.15) is 0 Å². The molecule has 8 nitrogen and oxygen atoms in total. The normalized spacial score (nSPS) is 12.2. The van der Waals surface area contributed by atoms with E-state index in [4.69, 9.17) is 9.47 Å². The van der Waals surface area contributed by atoms with Crippen molar-refractivity contribution in [3.05, 3.63) is 30.3 Å². The van der Waals surface area contributed by atoms with Crippen LogP contribution in [0.4, 0.5) is 5.69 Å². The fourth-order valence-corrected chi connectivity index (χ4v) is 2.42. The minimum Gasteiger partial charge on any atom is -0.355 e. The van der Waals surface area contributed by atoms with Crippen LogP contribution in [0.2, 0.25) is 0 Å². The van der Waals surface area contributed by atoms with Gasteiger partial charge in [0.2, 0.25) is 10.0 Å². The Labute approximate surface area is 124 Å². The maximum atomic E-state index is 11.8. The third kappa shape index (κ3) is 7.14. The molecule has 9 heteroatoms. The van der Waals surface area contributed by atoms with E-state index in [1.165, 1.54) is 26.3 Å². The summed E-state index contributed by atoms with van der Waals surface area (Å²) in [6, 6.07) is 9.04. The molecule has 118 valence electrons. The lowest BCUT2D eigenvalue weighted by atomic mass is 10.3. The second-order valence-corrected chi connectivity index (χ2v) is 5.95. The molecule has 0 bridgehead atoms. The van der Waals surface area contributed by atoms with E-state index in [-0.39, 0.29) is 12.4 Å². The molecule has 0 heterocycles. The van der Waals surface area contributed by atoms with E-state index in [0.717, 1.165) is 0 Å². The molecule has 0 aromatic heterocycles. The van der Waals surface area contributed by atoms with Crippen LogP contribution in [-0.2, 0) is 19.5 Å². The monoisotopic (exact) mass is 316 g/mol. The molecule has 0 amide bonds. The summed E-state index contributed by atoms with van der Waals surface area (Å²) in [6.07, 6.45) is -0.629. The molecule has 0 aliphatic heterocycles. The lowest BCUT2D eigenvalue weighted by Gasteiger charge is -2.16. The summed E-state index contributed by atoms with van der Waals surface area (Å²) in [5.41, 5.74) is 0.647. The molecule has 0 radical (unpaired) electrons. The number of hydrogen-bond acceptors (Lipinski definition) is 6. The summed E-state index contributed by atoms with van der Waals surface area (Å²) in [7, 11) is 0.852. The zero-order valence-corrected chi connectivity index (χ0v) is 13.1. The zero-order chi connectivity index (χ0) is 15.7. The van der Waals surface area contributed by atoms with Crippen LogP contribution in [0.5, 0.6) is 0 Å². The zero-order valence-electron chi connectivity index (χ0n) is 12.3. The number of nitrogens with one attached hydrogen (secondary N) is 1. The summed E-state index contributed by atoms with van der Waals surface area (Å²) in [5.74, 6) is -0.316. The van der Waals surface area contributed by atoms with E-state index in [0.29, 0.717) is 5.69 Å². The molecule has 0 fully saturated rings. The van der Waals surface area contributed by atoms with Gasteiger partial charge in [-0.05, 0) is 12.1 Å². The second-order valence-electron chi connectivity index (χ2n) is 4.18. The van der Waals surface area contributed by atoms with Gasteiger partial charge < -0.3 is 9.47 Å². The van der Waals surface area contributed by atoms with Gasteiger partial charge in [0.1, 0.15) is 0 Å². The van der Waals surface area contributed by atoms with Gasteiger partial charge in [-0.1, -0.05) is 23.4 Å². The molecular formula is C12H20N4O4S. The van der Waals surface area contributed by atoms with Crippen molar-refractivity contribution in [2.24, 2.45) is 10.3 Å². The van der Waals surface area contributed by atoms with Crippen molar-refractivity contribution in [2.75, 3.05) is 33.7 Å². The number of benzene rings is 1. The highest BCUT2D eigenvalue weighted by Crippen LogP contribution is 2.10. The Morgan fingerprint density at radius 1 is 1.24 bits per heavy atom. The number of sulfonamides is 1. The summed E-state index contributed by atoms with van der Waals surface area (Å²) in [6.45, 7) is 0.0268. The number of hydrogen-bond donors (Lipinski definition) is 1. The Morgan fingerprint density at radius 2 is 1.86 bits per heavy atom. The van der Waals surface area contributed by atoms with Crippen molar-refractivity contribution in [2.45, 2.75) is 6.29 Å². The Hall–Kier alpha value is -1.55. The highest BCUT2D eigenvalue weighted by Gasteiger charge is 2.15. The van der Waals surface area contributed by atoms with Crippen LogP contribution in [0.3, 0.4) is 0 Å². The van der Waals surface area contributed by atoms with Crippen LogP contribution in [0.25, 0.3) is 0 Å². The maximum Gasteiger partial charge on any atom is 0.231 e. The van der Waals surface area contributed by atoms with Crippen LogP contribution >= 0.6 is 0 Å². The average Bonchev–Trinajstić information content (AvgIpc) is 2.47. The fourth-order valence-electron chi connectivity index (χ4n) is 1.40. The quantitative estimate of drug-likeness (QED) is 0.418. The van der Waals surface area contributed by atoms with Crippen LogP contribution in [-0.4, -0.2) is 53.4 Å². The molecule has 0 saturated heterocycles. The molecule has 0 aliphatic carbocycles. The predicted octanol–water partition coefficient (Wildman–Crippen LogP) is 1.11. The molecule has 0 atom stereocenters. The first-order valence-corrected chi connectivity index (χ1v) is 7.83. The molecule has 1 aromatic carbocycles. The van der Waals surface area contributed by atoms with Crippen molar-refractivity contribution in [1.82, 2.24) is 9.73 Å². The Bertz CT molecular complexity index is 531. The minimum atomic E-state index is -3.54. The van der Waals surface area contributed by atoms with Crippen LogP contribution in [0, 0.1) is 0 Å². The molecule has 0 saturated carbocycles. The topological polar surface area (TPSA) is 92.6 Å². The standard InChI is InChI=1S/C12H20N4O4S/c1-16(15-14-11-7-5-4-6-8-11)10-21(17,18)13-9-12(19-2)20-3/h4-8,12-13H,9-10H2,1-3H3. The van der Waals surface area contributed by atoms with E-state index in [1.54, 1.807) is 12.1 Å². The fraction of sp³-hybridized carbons (Fsp3) is 0.500. The first kappa shape index (κ1) is 17.5. The molecule has 21 heavy (non-hydrogen) atoms. The van der Waals surface area contributed by atoms with Crippen LogP contribution in [0.1, 0.15) is 0 Å². The minimum absolute atomic E-state index is 0.0268. The van der Waals surface area contributed by atoms with Crippen molar-refractivity contribution < 1.29 is 17.9 Å². The third-order valence-corrected chi connectivity index (χ3v) is 3.74. The number of nitrogens with zero attached hydrogens (tertiary/aromatic N) is 3. The number of rotatable bonds is 9. The Kier molecular flexibility index (Phi) is 7.23. The van der Waals surface area contributed by atoms with E-state index >= 15 is 0 Å². The Morgan fingerprint density at radius 3 is 2.43 bits per heavy atom. The average molecular weight is 316 g/mol. The van der Waals surface area contributed by atoms with Gasteiger partial charge in [0.05, 0.1) is 12.2 Å². The van der Waals surface area contributed by atoms with Crippen molar-refractivity contribution in [3.63, 3.8) is 0 Å². The van der Waals surface area contributed by atoms with Crippen LogP contribution in [0.15, 0.2) is 40.7 Å². The summed E-state index contributed by atoms with van der Waals surface area (Å²) in [4.78, 5) is 0. The van der Waals surface area contributed by atoms with E-state index in [9.17, 15) is 8.42 Å². The second kappa shape index (κ2) is 8.67. The lowest BCUT2D eigenvalue weighted by Crippen LogP contribution is -2.38. The van der Waals surface area contributed by atoms with E-state index < -0.39 is 16.3 Å². The SMILES string of the molecule is COC(CNS(=O)(=O)CN(C)N=Nc1ccccc1)OC. The Balaban J connectivity index is 2.49. The van der Waals surface area contributed by atoms with Crippen molar-refractivity contribution >= 4 is 15.7 Å². The highest BCUT2D eigenvalue weighted by molar-refractivity contribution is 7.89. The van der Waals surface area contributed by atoms with Crippen molar-refractivity contribution in [1.29, 1.82) is 0 Å². The van der Waals surface area contributed by atoms with Gasteiger partial charge in [-0.3, -0.25) is 5.01 Å². The van der Waals surface area contributed by atoms with Gasteiger partial charge in [0, 0.05) is 21.3 Å². The first-order chi connectivity index (χ1) is 9.96. The van der Waals surface area contributed by atoms with Crippen LogP contribution < -0.4 is 4.72 Å². The van der Waals surface area contributed by atoms with E-state index in [2.05, 4.69) is 15.1 Å². The molecule has 1 rings (SSSR count). The van der Waals surface area contributed by atoms with Gasteiger partial charge in [0.25, 0.3) is 0 Å². The van der Waals surface area contributed by atoms with Crippen molar-refractivity contribution in [3.8, 4) is 0 Å². The molecule has 0 unspecified atom stereocenters. The summed E-state index contributed by atoms with van der Waals surface area (Å²) < 4.78 is 35.8. The van der Waals surface area contributed by atoms with Gasteiger partial charge in [-0.25, -0.2) is 13.1 Å². The number of methoxy groups -OCH3 is 2. The molecule has 1 N–H and O–H groups in total. The van der Waals surface area contributed by atoms with Gasteiger partial charge >= 0.3 is 0 Å². The molecule has 0 spiro atoms. The van der Waals surface area contributed by atoms with E-state index in [1.807, 2.05) is 18.2 Å². The maximum absolute atomic E-state index is 11.8. The van der Waals surface area contributed by atoms with Gasteiger partial charge in [-0.15, -0.1) is 5.11 Å². The predicted molar refractivity (Wildman–Crippen MR) is 78.3 cm³/mol. The smallest absolute Gasteiger partial charge is 0.231 e. The highest BCUT2D eigenvalue weighted by atomic mass is 32.2. The third-order valence-electron chi connectivity index (χ3n) is 2.42. The van der Waals surface area contributed by atoms with Gasteiger partial charge in [0.15, 0.2) is 12.2 Å². The molecule has 1 aromatic rings. The molecule has 0 aliphatic rings. The summed E-state index contributed by atoms with van der Waals surface area (Å²) >= 11 is 0. The lowest BCUT2D eigenvalue weighted by molar-refractivity contribution is -0.0961. The number of ether oxygens (including phenoxy) is 2. The molecular weight excluding hydrogens is 296 g/mol. The largest absolute Gasteiger partial charge is 0.355 e. The first-order valence-electron chi connectivity index (χ1n) is 6.17. The summed E-state index contributed by atoms with van der Waals surface area (Å²) in [5, 5.41) is 8.98.